The molecule has 0 radical (unpaired) electrons. The van der Waals surface area contributed by atoms with Crippen LogP contribution in [-0.2, 0) is 18.6 Å². The summed E-state index contributed by atoms with van der Waals surface area (Å²) in [5.41, 5.74) is -0.545. The SMILES string of the molecule is CC1(C)OB2OC1C1OB2OC1(C)C. The molecule has 3 fully saturated rings. The van der Waals surface area contributed by atoms with E-state index in [0.29, 0.717) is 0 Å². The fourth-order valence-corrected chi connectivity index (χ4v) is 2.52. The van der Waals surface area contributed by atoms with E-state index in [9.17, 15) is 0 Å². The lowest BCUT2D eigenvalue weighted by Gasteiger charge is -2.36. The van der Waals surface area contributed by atoms with Gasteiger partial charge in [-0.05, 0) is 27.7 Å². The molecule has 0 aromatic carbocycles. The van der Waals surface area contributed by atoms with E-state index in [1.54, 1.807) is 0 Å². The van der Waals surface area contributed by atoms with E-state index < -0.39 is 0 Å². The predicted octanol–water partition coefficient (Wildman–Crippen LogP) is 0.443. The minimum atomic E-state index is -0.354. The Kier molecular flexibility index (Phi) is 1.56. The van der Waals surface area contributed by atoms with Gasteiger partial charge in [0, 0.05) is 0 Å². The van der Waals surface area contributed by atoms with E-state index in [1.807, 2.05) is 27.7 Å². The summed E-state index contributed by atoms with van der Waals surface area (Å²) in [6.07, 6.45) is -0.0532. The average Bonchev–Trinajstić information content (AvgIpc) is 2.42. The summed E-state index contributed by atoms with van der Waals surface area (Å²) >= 11 is 0. The van der Waals surface area contributed by atoms with Gasteiger partial charge in [-0.25, -0.2) is 0 Å². The third-order valence-corrected chi connectivity index (χ3v) is 3.27. The molecule has 76 valence electrons. The van der Waals surface area contributed by atoms with Gasteiger partial charge in [-0.1, -0.05) is 0 Å². The van der Waals surface area contributed by atoms with E-state index in [-0.39, 0.29) is 37.4 Å². The average molecular weight is 196 g/mol. The maximum absolute atomic E-state index is 5.76. The Morgan fingerprint density at radius 2 is 1.14 bits per heavy atom. The molecule has 3 heterocycles. The molecule has 4 nitrogen and oxygen atoms in total. The maximum Gasteiger partial charge on any atom is 0.488 e. The first-order valence-corrected chi connectivity index (χ1v) is 5.07. The highest BCUT2D eigenvalue weighted by molar-refractivity contribution is 7.11. The largest absolute Gasteiger partial charge is 0.488 e. The molecule has 0 aromatic rings. The fraction of sp³-hybridized carbons (Fsp3) is 1.00. The Morgan fingerprint density at radius 1 is 0.786 bits per heavy atom. The van der Waals surface area contributed by atoms with Gasteiger partial charge in [0.15, 0.2) is 0 Å². The van der Waals surface area contributed by atoms with Crippen molar-refractivity contribution in [3.05, 3.63) is 0 Å². The van der Waals surface area contributed by atoms with Crippen molar-refractivity contribution < 1.29 is 18.6 Å². The molecule has 3 rings (SSSR count). The molecule has 3 aliphatic heterocycles. The minimum absolute atomic E-state index is 0.0266. The Balaban J connectivity index is 2.00. The topological polar surface area (TPSA) is 36.9 Å². The van der Waals surface area contributed by atoms with Gasteiger partial charge >= 0.3 is 14.0 Å². The molecule has 3 aliphatic rings. The highest BCUT2D eigenvalue weighted by Crippen LogP contribution is 2.45. The standard InChI is InChI=1S/C8H14B2O4/c1-7(2)5-6-8(3,4)14-10(12-6)9(11-5)13-7/h5-6H,1-4H3. The molecule has 0 N–H and O–H groups in total. The summed E-state index contributed by atoms with van der Waals surface area (Å²) in [6.45, 7) is 8.16. The first-order chi connectivity index (χ1) is 6.40. The second kappa shape index (κ2) is 2.38. The molecule has 0 aromatic heterocycles. The van der Waals surface area contributed by atoms with Gasteiger partial charge in [0.2, 0.25) is 0 Å². The lowest BCUT2D eigenvalue weighted by molar-refractivity contribution is -0.0487. The van der Waals surface area contributed by atoms with Crippen LogP contribution in [-0.4, -0.2) is 37.4 Å². The third kappa shape index (κ3) is 0.999. The van der Waals surface area contributed by atoms with Crippen LogP contribution in [0.25, 0.3) is 0 Å². The third-order valence-electron chi connectivity index (χ3n) is 3.27. The molecule has 4 bridgehead atoms. The molecule has 14 heavy (non-hydrogen) atoms. The highest BCUT2D eigenvalue weighted by Gasteiger charge is 2.69. The lowest BCUT2D eigenvalue weighted by atomic mass is 9.49. The van der Waals surface area contributed by atoms with Crippen LogP contribution in [0.5, 0.6) is 0 Å². The Labute approximate surface area is 84.5 Å². The number of fused-ring (bicyclic) bond motifs is 6. The van der Waals surface area contributed by atoms with Crippen molar-refractivity contribution >= 4 is 14.0 Å². The van der Waals surface area contributed by atoms with Gasteiger partial charge in [0.25, 0.3) is 0 Å². The second-order valence-electron chi connectivity index (χ2n) is 5.29. The molecule has 0 aliphatic carbocycles. The zero-order chi connectivity index (χ0) is 10.1. The van der Waals surface area contributed by atoms with Crippen molar-refractivity contribution in [2.75, 3.05) is 0 Å². The van der Waals surface area contributed by atoms with Crippen molar-refractivity contribution in [2.24, 2.45) is 0 Å². The molecular formula is C8H14B2O4. The van der Waals surface area contributed by atoms with Crippen LogP contribution in [0, 0.1) is 0 Å². The molecule has 0 amide bonds. The van der Waals surface area contributed by atoms with Crippen LogP contribution in [0.15, 0.2) is 0 Å². The van der Waals surface area contributed by atoms with E-state index in [4.69, 9.17) is 18.6 Å². The summed E-state index contributed by atoms with van der Waals surface area (Å²) in [6, 6.07) is 0. The van der Waals surface area contributed by atoms with E-state index >= 15 is 0 Å². The van der Waals surface area contributed by atoms with Crippen molar-refractivity contribution in [1.82, 2.24) is 0 Å². The number of rotatable bonds is 0. The smallest absolute Gasteiger partial charge is 0.406 e. The van der Waals surface area contributed by atoms with Crippen LogP contribution >= 0.6 is 0 Å². The predicted molar refractivity (Wildman–Crippen MR) is 51.6 cm³/mol. The summed E-state index contributed by atoms with van der Waals surface area (Å²) in [4.78, 5) is 0. The first-order valence-electron chi connectivity index (χ1n) is 5.07. The molecule has 2 atom stereocenters. The fourth-order valence-electron chi connectivity index (χ4n) is 2.52. The first kappa shape index (κ1) is 9.21. The van der Waals surface area contributed by atoms with Crippen LogP contribution in [0.2, 0.25) is 0 Å². The van der Waals surface area contributed by atoms with E-state index in [2.05, 4.69) is 0 Å². The van der Waals surface area contributed by atoms with Crippen LogP contribution in [0.4, 0.5) is 0 Å². The molecule has 3 saturated heterocycles. The van der Waals surface area contributed by atoms with Crippen LogP contribution in [0.3, 0.4) is 0 Å². The van der Waals surface area contributed by atoms with Crippen molar-refractivity contribution in [3.8, 4) is 0 Å². The molecular weight excluding hydrogens is 182 g/mol. The zero-order valence-electron chi connectivity index (χ0n) is 8.94. The Hall–Kier alpha value is -0.0301. The van der Waals surface area contributed by atoms with Gasteiger partial charge in [0.1, 0.15) is 0 Å². The minimum Gasteiger partial charge on any atom is -0.406 e. The summed E-state index contributed by atoms with van der Waals surface area (Å²) < 4.78 is 23.0. The van der Waals surface area contributed by atoms with Crippen molar-refractivity contribution in [2.45, 2.75) is 51.1 Å². The van der Waals surface area contributed by atoms with Gasteiger partial charge in [-0.2, -0.15) is 0 Å². The summed E-state index contributed by atoms with van der Waals surface area (Å²) in [5, 5.41) is 0. The maximum atomic E-state index is 5.76. The van der Waals surface area contributed by atoms with Crippen molar-refractivity contribution in [1.29, 1.82) is 0 Å². The normalized spacial score (nSPS) is 42.0. The zero-order valence-corrected chi connectivity index (χ0v) is 8.94. The monoisotopic (exact) mass is 196 g/mol. The van der Waals surface area contributed by atoms with E-state index in [0.717, 1.165) is 0 Å². The highest BCUT2D eigenvalue weighted by atomic mass is 16.7. The second-order valence-corrected chi connectivity index (χ2v) is 5.29. The van der Waals surface area contributed by atoms with Gasteiger partial charge < -0.3 is 18.6 Å². The van der Waals surface area contributed by atoms with Gasteiger partial charge in [-0.3, -0.25) is 0 Å². The van der Waals surface area contributed by atoms with E-state index in [1.165, 1.54) is 0 Å². The molecule has 0 spiro atoms. The van der Waals surface area contributed by atoms with Crippen molar-refractivity contribution in [3.63, 3.8) is 0 Å². The molecule has 0 saturated carbocycles. The summed E-state index contributed by atoms with van der Waals surface area (Å²) in [7, 11) is -0.707. The molecule has 2 unspecified atom stereocenters. The van der Waals surface area contributed by atoms with Gasteiger partial charge in [-0.15, -0.1) is 0 Å². The lowest BCUT2D eigenvalue weighted by Crippen LogP contribution is -2.51. The van der Waals surface area contributed by atoms with Crippen LogP contribution in [0.1, 0.15) is 27.7 Å². The Morgan fingerprint density at radius 3 is 1.50 bits per heavy atom. The Bertz CT molecular complexity index is 253. The van der Waals surface area contributed by atoms with Crippen LogP contribution < -0.4 is 0 Å². The van der Waals surface area contributed by atoms with Gasteiger partial charge in [0.05, 0.1) is 23.4 Å². The molecule has 6 heteroatoms. The summed E-state index contributed by atoms with van der Waals surface area (Å²) in [5.74, 6) is 0. The number of hydrogen-bond donors (Lipinski definition) is 0. The number of hydrogen-bond acceptors (Lipinski definition) is 4. The quantitative estimate of drug-likeness (QED) is 0.526.